The minimum absolute atomic E-state index is 0.186. The fourth-order valence-corrected chi connectivity index (χ4v) is 4.89. The molecular weight excluding hydrogens is 384 g/mol. The monoisotopic (exact) mass is 420 g/mol. The van der Waals surface area contributed by atoms with Crippen LogP contribution in [0.5, 0.6) is 5.75 Å². The fourth-order valence-electron chi connectivity index (χ4n) is 4.89. The van der Waals surface area contributed by atoms with Crippen molar-refractivity contribution >= 4 is 11.6 Å². The van der Waals surface area contributed by atoms with Gasteiger partial charge in [-0.25, -0.2) is 0 Å². The van der Waals surface area contributed by atoms with Crippen LogP contribution in [0.4, 0.5) is 5.69 Å². The van der Waals surface area contributed by atoms with Crippen molar-refractivity contribution in [2.24, 2.45) is 5.92 Å². The summed E-state index contributed by atoms with van der Waals surface area (Å²) in [5.74, 6) is 2.02. The number of benzene rings is 2. The SMILES string of the molecule is CC(C)Oc1ccccc1N1CCC(Cc2cccc(CN3CCCCC3=O)c2)CC1. The van der Waals surface area contributed by atoms with Crippen molar-refractivity contribution < 1.29 is 9.53 Å². The number of rotatable bonds is 7. The maximum Gasteiger partial charge on any atom is 0.222 e. The number of piperidine rings is 2. The quantitative estimate of drug-likeness (QED) is 0.597. The Kier molecular flexibility index (Phi) is 7.16. The first-order valence-corrected chi connectivity index (χ1v) is 11.9. The molecular formula is C27H36N2O2. The van der Waals surface area contributed by atoms with Gasteiger partial charge in [0, 0.05) is 32.6 Å². The number of carbonyl (C=O) groups is 1. The van der Waals surface area contributed by atoms with Gasteiger partial charge in [-0.05, 0) is 75.1 Å². The molecule has 0 N–H and O–H groups in total. The molecule has 166 valence electrons. The third-order valence-electron chi connectivity index (χ3n) is 6.49. The van der Waals surface area contributed by atoms with E-state index in [1.54, 1.807) is 0 Å². The predicted octanol–water partition coefficient (Wildman–Crippen LogP) is 5.45. The van der Waals surface area contributed by atoms with E-state index >= 15 is 0 Å². The fraction of sp³-hybridized carbons (Fsp3) is 0.519. The zero-order chi connectivity index (χ0) is 21.6. The summed E-state index contributed by atoms with van der Waals surface area (Å²) < 4.78 is 6.03. The second kappa shape index (κ2) is 10.2. The molecule has 1 amide bonds. The average molecular weight is 421 g/mol. The third kappa shape index (κ3) is 5.81. The number of amides is 1. The molecule has 0 bridgehead atoms. The van der Waals surface area contributed by atoms with Gasteiger partial charge >= 0.3 is 0 Å². The highest BCUT2D eigenvalue weighted by Gasteiger charge is 2.22. The van der Waals surface area contributed by atoms with Crippen LogP contribution in [0.1, 0.15) is 57.1 Å². The van der Waals surface area contributed by atoms with E-state index in [1.807, 2.05) is 4.90 Å². The highest BCUT2D eigenvalue weighted by atomic mass is 16.5. The largest absolute Gasteiger partial charge is 0.489 e. The maximum atomic E-state index is 12.1. The minimum Gasteiger partial charge on any atom is -0.489 e. The molecule has 0 spiro atoms. The summed E-state index contributed by atoms with van der Waals surface area (Å²) in [5.41, 5.74) is 3.90. The second-order valence-corrected chi connectivity index (χ2v) is 9.36. The van der Waals surface area contributed by atoms with Crippen molar-refractivity contribution in [3.63, 3.8) is 0 Å². The number of anilines is 1. The number of para-hydroxylation sites is 2. The summed E-state index contributed by atoms with van der Waals surface area (Å²) in [6.07, 6.45) is 6.60. The van der Waals surface area contributed by atoms with E-state index in [9.17, 15) is 4.79 Å². The molecule has 4 heteroatoms. The van der Waals surface area contributed by atoms with Gasteiger partial charge in [-0.15, -0.1) is 0 Å². The van der Waals surface area contributed by atoms with Gasteiger partial charge in [-0.1, -0.05) is 36.4 Å². The van der Waals surface area contributed by atoms with Crippen molar-refractivity contribution in [1.29, 1.82) is 0 Å². The Labute approximate surface area is 187 Å². The van der Waals surface area contributed by atoms with E-state index < -0.39 is 0 Å². The molecule has 2 fully saturated rings. The smallest absolute Gasteiger partial charge is 0.222 e. The Morgan fingerprint density at radius 3 is 2.52 bits per heavy atom. The molecule has 0 saturated carbocycles. The molecule has 0 unspecified atom stereocenters. The number of carbonyl (C=O) groups excluding carboxylic acids is 1. The Morgan fingerprint density at radius 1 is 0.968 bits per heavy atom. The first kappa shape index (κ1) is 21.7. The summed E-state index contributed by atoms with van der Waals surface area (Å²) in [5, 5.41) is 0. The molecule has 2 aliphatic rings. The van der Waals surface area contributed by atoms with E-state index in [0.29, 0.717) is 18.2 Å². The maximum absolute atomic E-state index is 12.1. The zero-order valence-corrected chi connectivity index (χ0v) is 19.1. The normalized spacial score (nSPS) is 18.0. The van der Waals surface area contributed by atoms with Crippen molar-refractivity contribution in [2.45, 2.75) is 65.0 Å². The van der Waals surface area contributed by atoms with Crippen LogP contribution < -0.4 is 9.64 Å². The molecule has 2 aromatic rings. The Bertz CT molecular complexity index is 871. The summed E-state index contributed by atoms with van der Waals surface area (Å²) in [7, 11) is 0. The van der Waals surface area contributed by atoms with Crippen LogP contribution in [0.15, 0.2) is 48.5 Å². The molecule has 2 heterocycles. The van der Waals surface area contributed by atoms with Gasteiger partial charge in [0.15, 0.2) is 0 Å². The Balaban J connectivity index is 1.33. The van der Waals surface area contributed by atoms with Gasteiger partial charge in [-0.3, -0.25) is 4.79 Å². The number of hydrogen-bond donors (Lipinski definition) is 0. The van der Waals surface area contributed by atoms with Crippen LogP contribution in [0.3, 0.4) is 0 Å². The van der Waals surface area contributed by atoms with Gasteiger partial charge in [-0.2, -0.15) is 0 Å². The first-order chi connectivity index (χ1) is 15.1. The topological polar surface area (TPSA) is 32.8 Å². The van der Waals surface area contributed by atoms with Crippen LogP contribution in [0.2, 0.25) is 0 Å². The standard InChI is InChI=1S/C27H36N2O2/c1-21(2)31-26-11-4-3-10-25(26)28-16-13-22(14-17-28)18-23-8-7-9-24(19-23)20-29-15-6-5-12-27(29)30/h3-4,7-11,19,21-22H,5-6,12-18,20H2,1-2H3. The van der Waals surface area contributed by atoms with Crippen molar-refractivity contribution in [3.8, 4) is 5.75 Å². The summed E-state index contributed by atoms with van der Waals surface area (Å²) in [6.45, 7) is 7.98. The lowest BCUT2D eigenvalue weighted by Gasteiger charge is -2.35. The molecule has 0 radical (unpaired) electrons. The third-order valence-corrected chi connectivity index (χ3v) is 6.49. The van der Waals surface area contributed by atoms with Crippen molar-refractivity contribution in [2.75, 3.05) is 24.5 Å². The number of hydrogen-bond acceptors (Lipinski definition) is 3. The number of ether oxygens (including phenoxy) is 1. The van der Waals surface area contributed by atoms with Crippen LogP contribution in [0, 0.1) is 5.92 Å². The van der Waals surface area contributed by atoms with Crippen LogP contribution in [-0.4, -0.2) is 36.5 Å². The number of likely N-dealkylation sites (tertiary alicyclic amines) is 1. The molecule has 2 aromatic carbocycles. The van der Waals surface area contributed by atoms with Crippen LogP contribution in [0.25, 0.3) is 0 Å². The van der Waals surface area contributed by atoms with Gasteiger partial charge in [0.1, 0.15) is 5.75 Å². The average Bonchev–Trinajstić information content (AvgIpc) is 2.76. The highest BCUT2D eigenvalue weighted by Crippen LogP contribution is 2.33. The molecule has 0 aromatic heterocycles. The molecule has 0 aliphatic carbocycles. The van der Waals surface area contributed by atoms with E-state index in [1.165, 1.54) is 29.7 Å². The molecule has 2 aliphatic heterocycles. The van der Waals surface area contributed by atoms with E-state index in [2.05, 4.69) is 67.3 Å². The molecule has 0 atom stereocenters. The van der Waals surface area contributed by atoms with Crippen LogP contribution >= 0.6 is 0 Å². The predicted molar refractivity (Wildman–Crippen MR) is 127 cm³/mol. The Hall–Kier alpha value is -2.49. The number of nitrogens with zero attached hydrogens (tertiary/aromatic N) is 2. The molecule has 2 saturated heterocycles. The summed E-state index contributed by atoms with van der Waals surface area (Å²) in [6, 6.07) is 17.3. The summed E-state index contributed by atoms with van der Waals surface area (Å²) >= 11 is 0. The van der Waals surface area contributed by atoms with Gasteiger partial charge in [0.2, 0.25) is 5.91 Å². The second-order valence-electron chi connectivity index (χ2n) is 9.36. The lowest BCUT2D eigenvalue weighted by Crippen LogP contribution is -2.35. The lowest BCUT2D eigenvalue weighted by molar-refractivity contribution is -0.133. The van der Waals surface area contributed by atoms with E-state index in [4.69, 9.17) is 4.74 Å². The summed E-state index contributed by atoms with van der Waals surface area (Å²) in [4.78, 5) is 16.6. The molecule has 4 rings (SSSR count). The molecule has 31 heavy (non-hydrogen) atoms. The minimum atomic E-state index is 0.186. The van der Waals surface area contributed by atoms with E-state index in [0.717, 1.165) is 51.2 Å². The Morgan fingerprint density at radius 2 is 1.74 bits per heavy atom. The zero-order valence-electron chi connectivity index (χ0n) is 19.1. The van der Waals surface area contributed by atoms with Crippen LogP contribution in [-0.2, 0) is 17.8 Å². The van der Waals surface area contributed by atoms with Crippen molar-refractivity contribution in [1.82, 2.24) is 4.90 Å². The van der Waals surface area contributed by atoms with E-state index in [-0.39, 0.29) is 6.10 Å². The van der Waals surface area contributed by atoms with Crippen molar-refractivity contribution in [3.05, 3.63) is 59.7 Å². The molecule has 4 nitrogen and oxygen atoms in total. The first-order valence-electron chi connectivity index (χ1n) is 11.9. The van der Waals surface area contributed by atoms with Gasteiger partial charge < -0.3 is 14.5 Å². The van der Waals surface area contributed by atoms with Gasteiger partial charge in [0.25, 0.3) is 0 Å². The lowest BCUT2D eigenvalue weighted by atomic mass is 9.89. The highest BCUT2D eigenvalue weighted by molar-refractivity contribution is 5.76. The van der Waals surface area contributed by atoms with Gasteiger partial charge in [0.05, 0.1) is 11.8 Å².